The Balaban J connectivity index is 1.58. The van der Waals surface area contributed by atoms with Crippen molar-refractivity contribution in [3.05, 3.63) is 29.8 Å². The standard InChI is InChI=1S/C19H29N3O2/c1-21(14-16-6-2-3-7-16)19(23)20-18-9-5-4-8-17(18)15-22-10-12-24-13-11-22/h4-5,8-9,16H,2-3,6-7,10-15H2,1H3,(H,20,23). The predicted octanol–water partition coefficient (Wildman–Crippen LogP) is 3.17. The highest BCUT2D eigenvalue weighted by Crippen LogP contribution is 2.25. The van der Waals surface area contributed by atoms with Crippen molar-refractivity contribution in [1.82, 2.24) is 9.80 Å². The van der Waals surface area contributed by atoms with Gasteiger partial charge in [0.2, 0.25) is 0 Å². The van der Waals surface area contributed by atoms with Gasteiger partial charge in [0.25, 0.3) is 0 Å². The number of morpholine rings is 1. The summed E-state index contributed by atoms with van der Waals surface area (Å²) >= 11 is 0. The molecule has 24 heavy (non-hydrogen) atoms. The summed E-state index contributed by atoms with van der Waals surface area (Å²) in [4.78, 5) is 16.7. The second-order valence-corrected chi connectivity index (χ2v) is 7.01. The Morgan fingerprint density at radius 2 is 1.96 bits per heavy atom. The molecule has 2 fully saturated rings. The van der Waals surface area contributed by atoms with Crippen LogP contribution in [0.1, 0.15) is 31.2 Å². The maximum atomic E-state index is 12.5. The molecule has 1 saturated carbocycles. The van der Waals surface area contributed by atoms with E-state index in [2.05, 4.69) is 16.3 Å². The van der Waals surface area contributed by atoms with E-state index in [4.69, 9.17) is 4.74 Å². The van der Waals surface area contributed by atoms with E-state index in [1.54, 1.807) is 0 Å². The summed E-state index contributed by atoms with van der Waals surface area (Å²) in [6, 6.07) is 8.11. The molecule has 1 saturated heterocycles. The van der Waals surface area contributed by atoms with Crippen molar-refractivity contribution in [2.45, 2.75) is 32.2 Å². The lowest BCUT2D eigenvalue weighted by Crippen LogP contribution is -2.37. The molecule has 3 rings (SSSR count). The minimum atomic E-state index is -0.00340. The Morgan fingerprint density at radius 1 is 1.25 bits per heavy atom. The molecule has 0 spiro atoms. The number of para-hydroxylation sites is 1. The van der Waals surface area contributed by atoms with Crippen molar-refractivity contribution >= 4 is 11.7 Å². The van der Waals surface area contributed by atoms with Gasteiger partial charge in [0, 0.05) is 38.9 Å². The van der Waals surface area contributed by atoms with Crippen LogP contribution in [0.15, 0.2) is 24.3 Å². The lowest BCUT2D eigenvalue weighted by atomic mass is 10.1. The summed E-state index contributed by atoms with van der Waals surface area (Å²) < 4.78 is 5.41. The minimum Gasteiger partial charge on any atom is -0.379 e. The van der Waals surface area contributed by atoms with Crippen molar-refractivity contribution in [2.24, 2.45) is 5.92 Å². The molecule has 2 aliphatic rings. The maximum Gasteiger partial charge on any atom is 0.321 e. The number of hydrogen-bond donors (Lipinski definition) is 1. The molecule has 1 aromatic carbocycles. The molecular weight excluding hydrogens is 302 g/mol. The van der Waals surface area contributed by atoms with Gasteiger partial charge in [-0.1, -0.05) is 31.0 Å². The van der Waals surface area contributed by atoms with Gasteiger partial charge in [-0.15, -0.1) is 0 Å². The van der Waals surface area contributed by atoms with Crippen LogP contribution in [0.5, 0.6) is 0 Å². The first-order valence-electron chi connectivity index (χ1n) is 9.12. The van der Waals surface area contributed by atoms with Crippen LogP contribution in [0, 0.1) is 5.92 Å². The molecule has 1 aromatic rings. The van der Waals surface area contributed by atoms with E-state index in [1.165, 1.54) is 31.2 Å². The van der Waals surface area contributed by atoms with Gasteiger partial charge in [0.15, 0.2) is 0 Å². The average molecular weight is 331 g/mol. The zero-order chi connectivity index (χ0) is 16.8. The Labute approximate surface area is 145 Å². The summed E-state index contributed by atoms with van der Waals surface area (Å²) in [6.45, 7) is 5.19. The second-order valence-electron chi connectivity index (χ2n) is 7.01. The van der Waals surface area contributed by atoms with Crippen LogP contribution in [-0.2, 0) is 11.3 Å². The SMILES string of the molecule is CN(CC1CCCC1)C(=O)Nc1ccccc1CN1CCOCC1. The number of carbonyl (C=O) groups is 1. The third-order valence-electron chi connectivity index (χ3n) is 5.11. The molecule has 1 heterocycles. The fourth-order valence-electron chi connectivity index (χ4n) is 3.65. The van der Waals surface area contributed by atoms with E-state index < -0.39 is 0 Å². The molecule has 2 amide bonds. The number of nitrogens with one attached hydrogen (secondary N) is 1. The van der Waals surface area contributed by atoms with Crippen LogP contribution in [0.25, 0.3) is 0 Å². The normalized spacial score (nSPS) is 19.4. The topological polar surface area (TPSA) is 44.8 Å². The van der Waals surface area contributed by atoms with Crippen molar-refractivity contribution in [2.75, 3.05) is 45.2 Å². The van der Waals surface area contributed by atoms with E-state index >= 15 is 0 Å². The van der Waals surface area contributed by atoms with Gasteiger partial charge in [-0.25, -0.2) is 4.79 Å². The number of rotatable bonds is 5. The zero-order valence-electron chi connectivity index (χ0n) is 14.7. The summed E-state index contributed by atoms with van der Waals surface area (Å²) in [5.74, 6) is 0.671. The molecule has 1 aliphatic carbocycles. The molecule has 0 unspecified atom stereocenters. The van der Waals surface area contributed by atoms with Crippen molar-refractivity contribution in [3.63, 3.8) is 0 Å². The molecule has 0 radical (unpaired) electrons. The largest absolute Gasteiger partial charge is 0.379 e. The molecule has 0 atom stereocenters. The number of hydrogen-bond acceptors (Lipinski definition) is 3. The van der Waals surface area contributed by atoms with Crippen LogP contribution in [-0.4, -0.2) is 55.7 Å². The molecule has 0 aromatic heterocycles. The van der Waals surface area contributed by atoms with Crippen molar-refractivity contribution in [3.8, 4) is 0 Å². The highest BCUT2D eigenvalue weighted by Gasteiger charge is 2.20. The second kappa shape index (κ2) is 8.49. The Bertz CT molecular complexity index is 537. The third-order valence-corrected chi connectivity index (χ3v) is 5.11. The Hall–Kier alpha value is -1.59. The smallest absolute Gasteiger partial charge is 0.321 e. The van der Waals surface area contributed by atoms with E-state index in [0.29, 0.717) is 5.92 Å². The van der Waals surface area contributed by atoms with E-state index in [9.17, 15) is 4.79 Å². The lowest BCUT2D eigenvalue weighted by Gasteiger charge is -2.28. The number of anilines is 1. The quantitative estimate of drug-likeness (QED) is 0.901. The van der Waals surface area contributed by atoms with Crippen LogP contribution in [0.3, 0.4) is 0 Å². The van der Waals surface area contributed by atoms with Gasteiger partial charge in [-0.2, -0.15) is 0 Å². The van der Waals surface area contributed by atoms with E-state index in [0.717, 1.165) is 45.1 Å². The fourth-order valence-corrected chi connectivity index (χ4v) is 3.65. The Morgan fingerprint density at radius 3 is 2.71 bits per heavy atom. The highest BCUT2D eigenvalue weighted by molar-refractivity contribution is 5.90. The van der Waals surface area contributed by atoms with Gasteiger partial charge in [-0.3, -0.25) is 4.90 Å². The van der Waals surface area contributed by atoms with Gasteiger partial charge in [-0.05, 0) is 30.4 Å². The first kappa shape index (κ1) is 17.2. The molecule has 1 N–H and O–H groups in total. The van der Waals surface area contributed by atoms with Crippen LogP contribution in [0.2, 0.25) is 0 Å². The molecule has 5 nitrogen and oxygen atoms in total. The van der Waals surface area contributed by atoms with E-state index in [1.807, 2.05) is 30.1 Å². The fraction of sp³-hybridized carbons (Fsp3) is 0.632. The van der Waals surface area contributed by atoms with E-state index in [-0.39, 0.29) is 6.03 Å². The number of ether oxygens (including phenoxy) is 1. The highest BCUT2D eigenvalue weighted by atomic mass is 16.5. The summed E-state index contributed by atoms with van der Waals surface area (Å²) in [5.41, 5.74) is 2.09. The number of amides is 2. The number of nitrogens with zero attached hydrogens (tertiary/aromatic N) is 2. The number of benzene rings is 1. The maximum absolute atomic E-state index is 12.5. The van der Waals surface area contributed by atoms with Crippen LogP contribution in [0.4, 0.5) is 10.5 Å². The molecule has 0 bridgehead atoms. The van der Waals surface area contributed by atoms with Gasteiger partial charge >= 0.3 is 6.03 Å². The zero-order valence-corrected chi connectivity index (χ0v) is 14.7. The predicted molar refractivity (Wildman–Crippen MR) is 96.1 cm³/mol. The first-order valence-corrected chi connectivity index (χ1v) is 9.12. The molecule has 132 valence electrons. The average Bonchev–Trinajstić information content (AvgIpc) is 3.10. The monoisotopic (exact) mass is 331 g/mol. The van der Waals surface area contributed by atoms with Crippen molar-refractivity contribution < 1.29 is 9.53 Å². The van der Waals surface area contributed by atoms with Gasteiger partial charge < -0.3 is 15.0 Å². The van der Waals surface area contributed by atoms with Crippen LogP contribution < -0.4 is 5.32 Å². The molecular formula is C19H29N3O2. The summed E-state index contributed by atoms with van der Waals surface area (Å²) in [6.07, 6.45) is 5.13. The van der Waals surface area contributed by atoms with Crippen molar-refractivity contribution in [1.29, 1.82) is 0 Å². The first-order chi connectivity index (χ1) is 11.7. The molecule has 5 heteroatoms. The number of carbonyl (C=O) groups excluding carboxylic acids is 1. The summed E-state index contributed by atoms with van der Waals surface area (Å²) in [7, 11) is 1.90. The number of urea groups is 1. The third kappa shape index (κ3) is 4.71. The van der Waals surface area contributed by atoms with Crippen LogP contribution >= 0.6 is 0 Å². The Kier molecular flexibility index (Phi) is 6.10. The lowest BCUT2D eigenvalue weighted by molar-refractivity contribution is 0.0342. The molecule has 1 aliphatic heterocycles. The van der Waals surface area contributed by atoms with Gasteiger partial charge in [0.1, 0.15) is 0 Å². The minimum absolute atomic E-state index is 0.00340. The van der Waals surface area contributed by atoms with Gasteiger partial charge in [0.05, 0.1) is 13.2 Å². The summed E-state index contributed by atoms with van der Waals surface area (Å²) in [5, 5.41) is 3.10.